The van der Waals surface area contributed by atoms with Crippen molar-refractivity contribution in [3.8, 4) is 0 Å². The first kappa shape index (κ1) is 19.6. The van der Waals surface area contributed by atoms with Gasteiger partial charge in [0.2, 0.25) is 0 Å². The average molecular weight is 269 g/mol. The summed E-state index contributed by atoms with van der Waals surface area (Å²) in [6, 6.07) is 10.3. The standard InChI is InChI=1S/C7H8.C5H11Cl.C5H10/c1-7-5-3-2-4-6-7;1-2-3-4-5-6;1-3-5-4-2/h2-6H,1H3;2-5H2,1H3;3,5H,4H2,1-2H3. The van der Waals surface area contributed by atoms with Crippen molar-refractivity contribution in [2.24, 2.45) is 0 Å². The highest BCUT2D eigenvalue weighted by molar-refractivity contribution is 6.17. The molecule has 0 bridgehead atoms. The number of allylic oxidation sites excluding steroid dienone is 2. The van der Waals surface area contributed by atoms with Crippen molar-refractivity contribution in [2.45, 2.75) is 53.4 Å². The molecule has 0 aromatic heterocycles. The minimum absolute atomic E-state index is 0.827. The molecule has 0 aliphatic rings. The van der Waals surface area contributed by atoms with Crippen LogP contribution in [0.25, 0.3) is 0 Å². The molecule has 0 radical (unpaired) electrons. The molecule has 0 atom stereocenters. The molecule has 1 aromatic rings. The van der Waals surface area contributed by atoms with Gasteiger partial charge in [-0.15, -0.1) is 11.6 Å². The van der Waals surface area contributed by atoms with E-state index >= 15 is 0 Å². The summed E-state index contributed by atoms with van der Waals surface area (Å²) in [6.45, 7) is 8.41. The molecule has 18 heavy (non-hydrogen) atoms. The molecule has 104 valence electrons. The fraction of sp³-hybridized carbons (Fsp3) is 0.529. The Kier molecular flexibility index (Phi) is 20.3. The molecular formula is C17H29Cl. The minimum Gasteiger partial charge on any atom is -0.127 e. The summed E-state index contributed by atoms with van der Waals surface area (Å²) in [5, 5.41) is 0. The number of halogens is 1. The fourth-order valence-electron chi connectivity index (χ4n) is 1.11. The maximum atomic E-state index is 5.38. The lowest BCUT2D eigenvalue weighted by Gasteiger charge is -1.84. The Morgan fingerprint density at radius 1 is 1.06 bits per heavy atom. The van der Waals surface area contributed by atoms with Crippen LogP contribution in [0.2, 0.25) is 0 Å². The van der Waals surface area contributed by atoms with Gasteiger partial charge < -0.3 is 0 Å². The SMILES string of the molecule is CC=CCC.CCCCCCl.Cc1ccccc1. The predicted octanol–water partition coefficient (Wildman–Crippen LogP) is 6.38. The Hall–Kier alpha value is -0.750. The highest BCUT2D eigenvalue weighted by Gasteiger charge is 1.76. The van der Waals surface area contributed by atoms with Crippen molar-refractivity contribution in [2.75, 3.05) is 5.88 Å². The molecule has 1 heteroatoms. The summed E-state index contributed by atoms with van der Waals surface area (Å²) in [7, 11) is 0. The lowest BCUT2D eigenvalue weighted by molar-refractivity contribution is 0.776. The summed E-state index contributed by atoms with van der Waals surface area (Å²) in [5.74, 6) is 0.827. The van der Waals surface area contributed by atoms with Crippen molar-refractivity contribution in [3.05, 3.63) is 48.0 Å². The molecule has 1 aromatic carbocycles. The molecule has 0 aliphatic heterocycles. The van der Waals surface area contributed by atoms with Gasteiger partial charge in [-0.25, -0.2) is 0 Å². The molecule has 0 saturated heterocycles. The van der Waals surface area contributed by atoms with Crippen molar-refractivity contribution < 1.29 is 0 Å². The Morgan fingerprint density at radius 3 is 1.83 bits per heavy atom. The van der Waals surface area contributed by atoms with Gasteiger partial charge in [0.25, 0.3) is 0 Å². The zero-order valence-corrected chi connectivity index (χ0v) is 13.2. The van der Waals surface area contributed by atoms with Crippen molar-refractivity contribution in [1.29, 1.82) is 0 Å². The van der Waals surface area contributed by atoms with E-state index in [2.05, 4.69) is 45.1 Å². The molecule has 0 saturated carbocycles. The van der Waals surface area contributed by atoms with Crippen molar-refractivity contribution in [1.82, 2.24) is 0 Å². The third kappa shape index (κ3) is 20.6. The molecule has 0 heterocycles. The van der Waals surface area contributed by atoms with E-state index < -0.39 is 0 Å². The number of alkyl halides is 1. The van der Waals surface area contributed by atoms with Gasteiger partial charge in [0, 0.05) is 5.88 Å². The monoisotopic (exact) mass is 268 g/mol. The number of hydrogen-bond donors (Lipinski definition) is 0. The van der Waals surface area contributed by atoms with E-state index in [1.165, 1.54) is 24.8 Å². The van der Waals surface area contributed by atoms with E-state index in [1.54, 1.807) is 0 Å². The van der Waals surface area contributed by atoms with Crippen LogP contribution in [-0.4, -0.2) is 5.88 Å². The van der Waals surface area contributed by atoms with Crippen LogP contribution in [0.5, 0.6) is 0 Å². The minimum atomic E-state index is 0.827. The Bertz CT molecular complexity index is 248. The summed E-state index contributed by atoms with van der Waals surface area (Å²) < 4.78 is 0. The van der Waals surface area contributed by atoms with Gasteiger partial charge in [-0.1, -0.05) is 74.7 Å². The Balaban J connectivity index is 0. The van der Waals surface area contributed by atoms with Crippen molar-refractivity contribution in [3.63, 3.8) is 0 Å². The Morgan fingerprint density at radius 2 is 1.67 bits per heavy atom. The lowest BCUT2D eigenvalue weighted by atomic mass is 10.2. The van der Waals surface area contributed by atoms with Crippen LogP contribution in [0.15, 0.2) is 42.5 Å². The Labute approximate surface area is 119 Å². The van der Waals surface area contributed by atoms with Crippen molar-refractivity contribution >= 4 is 11.6 Å². The maximum absolute atomic E-state index is 5.38. The predicted molar refractivity (Wildman–Crippen MR) is 86.5 cm³/mol. The van der Waals surface area contributed by atoms with E-state index in [1.807, 2.05) is 25.1 Å². The topological polar surface area (TPSA) is 0 Å². The second-order valence-electron chi connectivity index (χ2n) is 4.03. The molecule has 0 fully saturated rings. The molecular weight excluding hydrogens is 240 g/mol. The molecule has 0 unspecified atom stereocenters. The van der Waals surface area contributed by atoms with Gasteiger partial charge in [-0.3, -0.25) is 0 Å². The van der Waals surface area contributed by atoms with E-state index in [4.69, 9.17) is 11.6 Å². The van der Waals surface area contributed by atoms with Gasteiger partial charge in [0.15, 0.2) is 0 Å². The number of rotatable bonds is 4. The third-order valence-corrected chi connectivity index (χ3v) is 2.42. The largest absolute Gasteiger partial charge is 0.127 e. The van der Waals surface area contributed by atoms with E-state index in [0.29, 0.717) is 0 Å². The van der Waals surface area contributed by atoms with Crippen LogP contribution >= 0.6 is 11.6 Å². The molecule has 0 nitrogen and oxygen atoms in total. The molecule has 0 aliphatic carbocycles. The highest BCUT2D eigenvalue weighted by Crippen LogP contribution is 1.93. The van der Waals surface area contributed by atoms with Gasteiger partial charge in [-0.2, -0.15) is 0 Å². The average Bonchev–Trinajstić information content (AvgIpc) is 2.40. The summed E-state index contributed by atoms with van der Waals surface area (Å²) >= 11 is 5.38. The fourth-order valence-corrected chi connectivity index (χ4v) is 1.30. The van der Waals surface area contributed by atoms with Gasteiger partial charge in [0.1, 0.15) is 0 Å². The lowest BCUT2D eigenvalue weighted by Crippen LogP contribution is -1.70. The molecule has 0 N–H and O–H groups in total. The first-order chi connectivity index (χ1) is 8.72. The van der Waals surface area contributed by atoms with E-state index in [-0.39, 0.29) is 0 Å². The first-order valence-corrected chi connectivity index (χ1v) is 7.45. The molecule has 1 rings (SSSR count). The van der Waals surface area contributed by atoms with E-state index in [0.717, 1.165) is 12.3 Å². The smallest absolute Gasteiger partial charge is 0.0223 e. The van der Waals surface area contributed by atoms with Crippen LogP contribution in [0, 0.1) is 6.92 Å². The number of unbranched alkanes of at least 4 members (excludes halogenated alkanes) is 2. The number of hydrogen-bond acceptors (Lipinski definition) is 0. The zero-order chi connectivity index (χ0) is 14.1. The third-order valence-electron chi connectivity index (χ3n) is 2.15. The maximum Gasteiger partial charge on any atom is 0.0223 e. The highest BCUT2D eigenvalue weighted by atomic mass is 35.5. The van der Waals surface area contributed by atoms with Crippen LogP contribution in [0.4, 0.5) is 0 Å². The van der Waals surface area contributed by atoms with E-state index in [9.17, 15) is 0 Å². The summed E-state index contributed by atoms with van der Waals surface area (Å²) in [6.07, 6.45) is 9.07. The zero-order valence-electron chi connectivity index (χ0n) is 12.5. The van der Waals surface area contributed by atoms with Crippen LogP contribution < -0.4 is 0 Å². The number of aryl methyl sites for hydroxylation is 1. The quantitative estimate of drug-likeness (QED) is 0.337. The van der Waals surface area contributed by atoms with Gasteiger partial charge in [-0.05, 0) is 26.7 Å². The second kappa shape index (κ2) is 18.6. The normalized spacial score (nSPS) is 9.17. The first-order valence-electron chi connectivity index (χ1n) is 6.91. The molecule has 0 spiro atoms. The second-order valence-corrected chi connectivity index (χ2v) is 4.41. The van der Waals surface area contributed by atoms with Gasteiger partial charge in [0.05, 0.1) is 0 Å². The van der Waals surface area contributed by atoms with Crippen LogP contribution in [-0.2, 0) is 0 Å². The van der Waals surface area contributed by atoms with Crippen LogP contribution in [0.1, 0.15) is 52.0 Å². The van der Waals surface area contributed by atoms with Crippen LogP contribution in [0.3, 0.4) is 0 Å². The van der Waals surface area contributed by atoms with Gasteiger partial charge >= 0.3 is 0 Å². The molecule has 0 amide bonds. The summed E-state index contributed by atoms with van der Waals surface area (Å²) in [5.41, 5.74) is 1.32. The number of benzene rings is 1. The summed E-state index contributed by atoms with van der Waals surface area (Å²) in [4.78, 5) is 0.